The van der Waals surface area contributed by atoms with E-state index >= 15 is 0 Å². The highest BCUT2D eigenvalue weighted by Gasteiger charge is 2.16. The average molecular weight is 325 g/mol. The number of imidazole rings is 1. The van der Waals surface area contributed by atoms with E-state index in [9.17, 15) is 12.8 Å². The lowest BCUT2D eigenvalue weighted by Gasteiger charge is -2.11. The Balaban J connectivity index is 2.13. The number of sulfonamides is 1. The van der Waals surface area contributed by atoms with E-state index in [1.54, 1.807) is 13.1 Å². The Kier molecular flexibility index (Phi) is 4.97. The highest BCUT2D eigenvalue weighted by atomic mass is 32.2. The molecule has 2 rings (SSSR count). The summed E-state index contributed by atoms with van der Waals surface area (Å²) in [6.45, 7) is 6.56. The summed E-state index contributed by atoms with van der Waals surface area (Å²) in [5.74, 6) is 0.518. The number of nitrogens with zero attached hydrogens (tertiary/aromatic N) is 2. The molecular weight excluding hydrogens is 305 g/mol. The predicted octanol–water partition coefficient (Wildman–Crippen LogP) is 2.47. The average Bonchev–Trinajstić information content (AvgIpc) is 2.86. The van der Waals surface area contributed by atoms with Crippen molar-refractivity contribution in [3.05, 3.63) is 47.8 Å². The molecule has 0 unspecified atom stereocenters. The molecule has 1 N–H and O–H groups in total. The molecule has 22 heavy (non-hydrogen) atoms. The van der Waals surface area contributed by atoms with Gasteiger partial charge in [0, 0.05) is 18.9 Å². The van der Waals surface area contributed by atoms with Gasteiger partial charge in [0.15, 0.2) is 0 Å². The van der Waals surface area contributed by atoms with Crippen LogP contribution in [0.3, 0.4) is 0 Å². The molecule has 5 nitrogen and oxygen atoms in total. The van der Waals surface area contributed by atoms with Crippen LogP contribution in [0.25, 0.3) is 0 Å². The van der Waals surface area contributed by atoms with Gasteiger partial charge in [-0.05, 0) is 30.5 Å². The minimum absolute atomic E-state index is 0.0670. The van der Waals surface area contributed by atoms with Crippen molar-refractivity contribution in [3.8, 4) is 0 Å². The van der Waals surface area contributed by atoms with E-state index in [4.69, 9.17) is 0 Å². The van der Waals surface area contributed by atoms with Crippen LogP contribution in [0.2, 0.25) is 0 Å². The van der Waals surface area contributed by atoms with E-state index in [0.717, 1.165) is 12.6 Å². The highest BCUT2D eigenvalue weighted by molar-refractivity contribution is 7.89. The summed E-state index contributed by atoms with van der Waals surface area (Å²) in [5, 5.41) is 0. The number of hydrogen-bond donors (Lipinski definition) is 1. The zero-order valence-corrected chi connectivity index (χ0v) is 13.7. The van der Waals surface area contributed by atoms with E-state index in [1.807, 2.05) is 10.8 Å². The fourth-order valence-corrected chi connectivity index (χ4v) is 3.04. The van der Waals surface area contributed by atoms with Crippen LogP contribution in [0.1, 0.15) is 25.2 Å². The largest absolute Gasteiger partial charge is 0.334 e. The van der Waals surface area contributed by atoms with Gasteiger partial charge >= 0.3 is 0 Å². The third-order valence-electron chi connectivity index (χ3n) is 3.24. The van der Waals surface area contributed by atoms with Gasteiger partial charge in [-0.25, -0.2) is 22.5 Å². The number of aryl methyl sites for hydroxylation is 1. The third-order valence-corrected chi connectivity index (χ3v) is 4.64. The van der Waals surface area contributed by atoms with E-state index < -0.39 is 15.8 Å². The first-order valence-corrected chi connectivity index (χ1v) is 8.53. The van der Waals surface area contributed by atoms with Crippen LogP contribution < -0.4 is 4.72 Å². The monoisotopic (exact) mass is 325 g/mol. The number of hydrogen-bond acceptors (Lipinski definition) is 3. The van der Waals surface area contributed by atoms with Gasteiger partial charge in [-0.15, -0.1) is 0 Å². The Labute approximate surface area is 130 Å². The second kappa shape index (κ2) is 6.58. The van der Waals surface area contributed by atoms with Gasteiger partial charge in [0.2, 0.25) is 10.0 Å². The second-order valence-corrected chi connectivity index (χ2v) is 7.39. The molecule has 7 heteroatoms. The lowest BCUT2D eigenvalue weighted by Crippen LogP contribution is -2.25. The van der Waals surface area contributed by atoms with Crippen molar-refractivity contribution >= 4 is 10.0 Å². The molecule has 1 heterocycles. The number of benzene rings is 1. The second-order valence-electron chi connectivity index (χ2n) is 5.63. The first-order chi connectivity index (χ1) is 10.3. The quantitative estimate of drug-likeness (QED) is 0.887. The van der Waals surface area contributed by atoms with Crippen molar-refractivity contribution in [2.75, 3.05) is 0 Å². The molecule has 0 saturated carbocycles. The molecule has 0 bridgehead atoms. The van der Waals surface area contributed by atoms with Gasteiger partial charge < -0.3 is 4.57 Å². The molecule has 0 spiro atoms. The minimum Gasteiger partial charge on any atom is -0.334 e. The maximum atomic E-state index is 13.5. The van der Waals surface area contributed by atoms with E-state index in [1.165, 1.54) is 12.1 Å². The molecule has 0 radical (unpaired) electrons. The molecular formula is C15H20FN3O2S. The van der Waals surface area contributed by atoms with Gasteiger partial charge in [-0.2, -0.15) is 0 Å². The van der Waals surface area contributed by atoms with E-state index in [2.05, 4.69) is 23.6 Å². The molecule has 1 aromatic carbocycles. The van der Waals surface area contributed by atoms with Crippen LogP contribution in [0.5, 0.6) is 0 Å². The maximum Gasteiger partial charge on any atom is 0.241 e. The minimum atomic E-state index is -3.76. The van der Waals surface area contributed by atoms with Crippen LogP contribution in [0.4, 0.5) is 4.39 Å². The Hall–Kier alpha value is -1.73. The van der Waals surface area contributed by atoms with E-state index in [0.29, 0.717) is 17.3 Å². The SMILES string of the molecule is Cc1ccc(S(=O)(=O)NCc2nccn2CC(C)C)cc1F. The van der Waals surface area contributed by atoms with Crippen molar-refractivity contribution in [1.82, 2.24) is 14.3 Å². The summed E-state index contributed by atoms with van der Waals surface area (Å²) in [7, 11) is -3.76. The summed E-state index contributed by atoms with van der Waals surface area (Å²) < 4.78 is 42.3. The van der Waals surface area contributed by atoms with Gasteiger partial charge in [-0.3, -0.25) is 0 Å². The van der Waals surface area contributed by atoms with Gasteiger partial charge in [0.05, 0.1) is 11.4 Å². The highest BCUT2D eigenvalue weighted by Crippen LogP contribution is 2.14. The van der Waals surface area contributed by atoms with Gasteiger partial charge in [-0.1, -0.05) is 19.9 Å². The molecule has 0 aliphatic heterocycles. The van der Waals surface area contributed by atoms with Crippen molar-refractivity contribution in [2.24, 2.45) is 5.92 Å². The molecule has 0 amide bonds. The lowest BCUT2D eigenvalue weighted by atomic mass is 10.2. The first kappa shape index (κ1) is 16.6. The molecule has 120 valence electrons. The molecule has 2 aromatic rings. The van der Waals surface area contributed by atoms with E-state index in [-0.39, 0.29) is 11.4 Å². The van der Waals surface area contributed by atoms with Crippen LogP contribution in [-0.2, 0) is 23.1 Å². The van der Waals surface area contributed by atoms with Crippen LogP contribution in [0.15, 0.2) is 35.5 Å². The fraction of sp³-hybridized carbons (Fsp3) is 0.400. The van der Waals surface area contributed by atoms with Crippen molar-refractivity contribution < 1.29 is 12.8 Å². The summed E-state index contributed by atoms with van der Waals surface area (Å²) >= 11 is 0. The standard InChI is InChI=1S/C15H20FN3O2S/c1-11(2)10-19-7-6-17-15(19)9-18-22(20,21)13-5-4-12(3)14(16)8-13/h4-8,11,18H,9-10H2,1-3H3. The fourth-order valence-electron chi connectivity index (χ4n) is 2.05. The Morgan fingerprint density at radius 3 is 2.73 bits per heavy atom. The number of nitrogens with one attached hydrogen (secondary N) is 1. The third kappa shape index (κ3) is 3.92. The Morgan fingerprint density at radius 1 is 1.36 bits per heavy atom. The van der Waals surface area contributed by atoms with Crippen molar-refractivity contribution in [2.45, 2.75) is 38.8 Å². The van der Waals surface area contributed by atoms with Crippen molar-refractivity contribution in [1.29, 1.82) is 0 Å². The van der Waals surface area contributed by atoms with Crippen LogP contribution in [0, 0.1) is 18.7 Å². The number of halogens is 1. The van der Waals surface area contributed by atoms with Gasteiger partial charge in [0.1, 0.15) is 11.6 Å². The summed E-state index contributed by atoms with van der Waals surface area (Å²) in [4.78, 5) is 4.07. The molecule has 0 fully saturated rings. The van der Waals surface area contributed by atoms with Crippen LogP contribution >= 0.6 is 0 Å². The molecule has 0 aliphatic rings. The molecule has 1 aromatic heterocycles. The first-order valence-electron chi connectivity index (χ1n) is 7.05. The molecule has 0 saturated heterocycles. The summed E-state index contributed by atoms with van der Waals surface area (Å²) in [6, 6.07) is 3.86. The maximum absolute atomic E-state index is 13.5. The lowest BCUT2D eigenvalue weighted by molar-refractivity contribution is 0.502. The normalized spacial score (nSPS) is 12.0. The molecule has 0 atom stereocenters. The number of aromatic nitrogens is 2. The zero-order valence-electron chi connectivity index (χ0n) is 12.9. The molecule has 0 aliphatic carbocycles. The van der Waals surface area contributed by atoms with Gasteiger partial charge in [0.25, 0.3) is 0 Å². The smallest absolute Gasteiger partial charge is 0.241 e. The summed E-state index contributed by atoms with van der Waals surface area (Å²) in [5.41, 5.74) is 0.409. The number of rotatable bonds is 6. The zero-order chi connectivity index (χ0) is 16.3. The summed E-state index contributed by atoms with van der Waals surface area (Å²) in [6.07, 6.45) is 3.45. The Bertz CT molecular complexity index is 754. The van der Waals surface area contributed by atoms with Crippen molar-refractivity contribution in [3.63, 3.8) is 0 Å². The van der Waals surface area contributed by atoms with Crippen LogP contribution in [-0.4, -0.2) is 18.0 Å². The predicted molar refractivity (Wildman–Crippen MR) is 82.2 cm³/mol. The Morgan fingerprint density at radius 2 is 2.09 bits per heavy atom. The topological polar surface area (TPSA) is 64.0 Å².